The van der Waals surface area contributed by atoms with Gasteiger partial charge in [-0.2, -0.15) is 0 Å². The summed E-state index contributed by atoms with van der Waals surface area (Å²) in [5.41, 5.74) is 1.03. The molecule has 1 atom stereocenters. The van der Waals surface area contributed by atoms with Crippen molar-refractivity contribution < 1.29 is 14.3 Å². The molecule has 7 heteroatoms. The normalized spacial score (nSPS) is 16.3. The van der Waals surface area contributed by atoms with Crippen molar-refractivity contribution in [2.75, 3.05) is 19.0 Å². The summed E-state index contributed by atoms with van der Waals surface area (Å²) in [4.78, 5) is 31.4. The van der Waals surface area contributed by atoms with E-state index >= 15 is 0 Å². The number of rotatable bonds is 4. The van der Waals surface area contributed by atoms with E-state index in [1.54, 1.807) is 26.2 Å². The molecule has 0 bridgehead atoms. The van der Waals surface area contributed by atoms with Crippen molar-refractivity contribution >= 4 is 11.7 Å². The molecule has 0 radical (unpaired) electrons. The van der Waals surface area contributed by atoms with Crippen molar-refractivity contribution in [3.05, 3.63) is 45.5 Å². The number of aromatic amines is 1. The SMILES string of the molecule is CCOc1ccc([C@@H]2CC(=O)Nc3nc(C)[nH]c(=O)c32)cc1OC. The molecule has 24 heavy (non-hydrogen) atoms. The minimum atomic E-state index is -0.379. The molecule has 1 aromatic heterocycles. The van der Waals surface area contributed by atoms with E-state index in [9.17, 15) is 9.59 Å². The molecule has 0 aliphatic carbocycles. The van der Waals surface area contributed by atoms with Crippen LogP contribution < -0.4 is 20.3 Å². The third kappa shape index (κ3) is 2.84. The van der Waals surface area contributed by atoms with Crippen molar-refractivity contribution in [1.29, 1.82) is 0 Å². The highest BCUT2D eigenvalue weighted by Gasteiger charge is 2.31. The number of H-pyrrole nitrogens is 1. The highest BCUT2D eigenvalue weighted by molar-refractivity contribution is 5.94. The molecule has 1 aromatic carbocycles. The van der Waals surface area contributed by atoms with Gasteiger partial charge < -0.3 is 19.8 Å². The van der Waals surface area contributed by atoms with Gasteiger partial charge in [-0.1, -0.05) is 6.07 Å². The van der Waals surface area contributed by atoms with Crippen LogP contribution in [0.15, 0.2) is 23.0 Å². The predicted octanol–water partition coefficient (Wildman–Crippen LogP) is 1.96. The minimum Gasteiger partial charge on any atom is -0.493 e. The maximum atomic E-state index is 12.4. The minimum absolute atomic E-state index is 0.169. The Morgan fingerprint density at radius 3 is 2.79 bits per heavy atom. The molecule has 1 aliphatic heterocycles. The van der Waals surface area contributed by atoms with Gasteiger partial charge in [0.2, 0.25) is 5.91 Å². The van der Waals surface area contributed by atoms with Crippen LogP contribution in [0, 0.1) is 6.92 Å². The number of anilines is 1. The highest BCUT2D eigenvalue weighted by atomic mass is 16.5. The van der Waals surface area contributed by atoms with Gasteiger partial charge in [0.05, 0.1) is 19.3 Å². The van der Waals surface area contributed by atoms with E-state index in [0.717, 1.165) is 5.56 Å². The van der Waals surface area contributed by atoms with Crippen molar-refractivity contribution in [3.8, 4) is 11.5 Å². The van der Waals surface area contributed by atoms with Crippen LogP contribution in [0.3, 0.4) is 0 Å². The summed E-state index contributed by atoms with van der Waals surface area (Å²) < 4.78 is 10.9. The number of benzene rings is 1. The van der Waals surface area contributed by atoms with Crippen molar-refractivity contribution in [1.82, 2.24) is 9.97 Å². The van der Waals surface area contributed by atoms with Gasteiger partial charge in [-0.05, 0) is 31.5 Å². The molecular weight excluding hydrogens is 310 g/mol. The first-order valence-corrected chi connectivity index (χ1v) is 7.74. The van der Waals surface area contributed by atoms with Crippen LogP contribution in [0.4, 0.5) is 5.82 Å². The Hall–Kier alpha value is -2.83. The standard InChI is InChI=1S/C17H19N3O4/c1-4-24-12-6-5-10(7-13(12)23-3)11-8-14(21)20-16-15(11)17(22)19-9(2)18-16/h5-7,11H,4,8H2,1-3H3,(H2,18,19,20,21,22)/t11-/m0/s1. The zero-order chi connectivity index (χ0) is 17.3. The summed E-state index contributed by atoms with van der Waals surface area (Å²) in [5.74, 6) is 1.43. The molecule has 3 rings (SSSR count). The van der Waals surface area contributed by atoms with Gasteiger partial charge in [-0.15, -0.1) is 0 Å². The van der Waals surface area contributed by atoms with Gasteiger partial charge in [0.25, 0.3) is 5.56 Å². The Labute approximate surface area is 139 Å². The van der Waals surface area contributed by atoms with Crippen molar-refractivity contribution in [2.24, 2.45) is 0 Å². The van der Waals surface area contributed by atoms with Crippen LogP contribution in [0.5, 0.6) is 11.5 Å². The summed E-state index contributed by atoms with van der Waals surface area (Å²) in [6.07, 6.45) is 0.179. The lowest BCUT2D eigenvalue weighted by atomic mass is 9.86. The molecule has 0 spiro atoms. The van der Waals surface area contributed by atoms with Crippen LogP contribution in [0.2, 0.25) is 0 Å². The zero-order valence-corrected chi connectivity index (χ0v) is 13.8. The smallest absolute Gasteiger partial charge is 0.256 e. The van der Waals surface area contributed by atoms with Crippen LogP contribution in [0.25, 0.3) is 0 Å². The highest BCUT2D eigenvalue weighted by Crippen LogP contribution is 2.37. The number of fused-ring (bicyclic) bond motifs is 1. The Morgan fingerprint density at radius 1 is 1.29 bits per heavy atom. The third-order valence-corrected chi connectivity index (χ3v) is 3.96. The van der Waals surface area contributed by atoms with Gasteiger partial charge in [-0.25, -0.2) is 4.98 Å². The number of nitrogens with one attached hydrogen (secondary N) is 2. The summed E-state index contributed by atoms with van der Waals surface area (Å²) >= 11 is 0. The monoisotopic (exact) mass is 329 g/mol. The molecule has 0 saturated carbocycles. The van der Waals surface area contributed by atoms with Gasteiger partial charge in [0, 0.05) is 12.3 Å². The largest absolute Gasteiger partial charge is 0.493 e. The van der Waals surface area contributed by atoms with Gasteiger partial charge >= 0.3 is 0 Å². The van der Waals surface area contributed by atoms with Gasteiger partial charge in [0.1, 0.15) is 11.6 Å². The van der Waals surface area contributed by atoms with Crippen LogP contribution in [-0.2, 0) is 4.79 Å². The van der Waals surface area contributed by atoms with E-state index in [1.165, 1.54) is 0 Å². The van der Waals surface area contributed by atoms with E-state index in [1.807, 2.05) is 13.0 Å². The second-order valence-corrected chi connectivity index (χ2v) is 5.56. The molecule has 1 aliphatic rings. The molecule has 2 aromatic rings. The third-order valence-electron chi connectivity index (χ3n) is 3.96. The van der Waals surface area contributed by atoms with Crippen molar-refractivity contribution in [3.63, 3.8) is 0 Å². The van der Waals surface area contributed by atoms with Gasteiger partial charge in [0.15, 0.2) is 11.5 Å². The number of ether oxygens (including phenoxy) is 2. The topological polar surface area (TPSA) is 93.3 Å². The van der Waals surface area contributed by atoms with Crippen LogP contribution in [0.1, 0.15) is 36.2 Å². The molecule has 2 N–H and O–H groups in total. The number of aryl methyl sites for hydroxylation is 1. The maximum Gasteiger partial charge on any atom is 0.256 e. The fourth-order valence-corrected chi connectivity index (χ4v) is 2.94. The lowest BCUT2D eigenvalue weighted by Crippen LogP contribution is -2.31. The number of carbonyl (C=O) groups excluding carboxylic acids is 1. The van der Waals surface area contributed by atoms with E-state index in [-0.39, 0.29) is 23.8 Å². The molecular formula is C17H19N3O4. The average Bonchev–Trinajstić information content (AvgIpc) is 2.54. The molecule has 126 valence electrons. The fraction of sp³-hybridized carbons (Fsp3) is 0.353. The quantitative estimate of drug-likeness (QED) is 0.894. The maximum absolute atomic E-state index is 12.4. The summed E-state index contributed by atoms with van der Waals surface area (Å²) in [7, 11) is 1.56. The summed E-state index contributed by atoms with van der Waals surface area (Å²) in [5, 5.41) is 2.68. The van der Waals surface area contributed by atoms with Crippen LogP contribution >= 0.6 is 0 Å². The average molecular weight is 329 g/mol. The molecule has 0 saturated heterocycles. The Kier molecular flexibility index (Phi) is 4.24. The molecule has 1 amide bonds. The number of aromatic nitrogens is 2. The Morgan fingerprint density at radius 2 is 2.08 bits per heavy atom. The fourth-order valence-electron chi connectivity index (χ4n) is 2.94. The second-order valence-electron chi connectivity index (χ2n) is 5.56. The van der Waals surface area contributed by atoms with Crippen molar-refractivity contribution in [2.45, 2.75) is 26.2 Å². The van der Waals surface area contributed by atoms with E-state index < -0.39 is 0 Å². The molecule has 2 heterocycles. The number of carbonyl (C=O) groups is 1. The zero-order valence-electron chi connectivity index (χ0n) is 13.8. The van der Waals surface area contributed by atoms with Crippen LogP contribution in [-0.4, -0.2) is 29.6 Å². The molecule has 0 unspecified atom stereocenters. The molecule has 7 nitrogen and oxygen atoms in total. The first kappa shape index (κ1) is 16.0. The molecule has 0 fully saturated rings. The van der Waals surface area contributed by atoms with E-state index in [4.69, 9.17) is 9.47 Å². The van der Waals surface area contributed by atoms with Gasteiger partial charge in [-0.3, -0.25) is 9.59 Å². The Bertz CT molecular complexity index is 844. The summed E-state index contributed by atoms with van der Waals surface area (Å²) in [6, 6.07) is 5.44. The number of hydrogen-bond donors (Lipinski definition) is 2. The van der Waals surface area contributed by atoms with E-state index in [0.29, 0.717) is 35.3 Å². The van der Waals surface area contributed by atoms with E-state index in [2.05, 4.69) is 15.3 Å². The Balaban J connectivity index is 2.11. The first-order valence-electron chi connectivity index (χ1n) is 7.74. The number of nitrogens with zero attached hydrogens (tertiary/aromatic N) is 1. The lowest BCUT2D eigenvalue weighted by molar-refractivity contribution is -0.116. The number of hydrogen-bond acceptors (Lipinski definition) is 5. The second kappa shape index (κ2) is 6.35. The number of methoxy groups -OCH3 is 1. The first-order chi connectivity index (χ1) is 11.5. The summed E-state index contributed by atoms with van der Waals surface area (Å²) in [6.45, 7) is 4.09. The lowest BCUT2D eigenvalue weighted by Gasteiger charge is -2.25. The number of amides is 1. The predicted molar refractivity (Wildman–Crippen MR) is 88.8 cm³/mol.